The molecule has 2 amide bonds. The van der Waals surface area contributed by atoms with E-state index in [1.165, 1.54) is 6.07 Å². The van der Waals surface area contributed by atoms with E-state index in [0.717, 1.165) is 16.9 Å². The number of amides is 2. The lowest BCUT2D eigenvalue weighted by Crippen LogP contribution is -2.32. The van der Waals surface area contributed by atoms with Crippen molar-refractivity contribution in [3.8, 4) is 0 Å². The van der Waals surface area contributed by atoms with E-state index in [0.29, 0.717) is 0 Å². The molecule has 0 unspecified atom stereocenters. The molecule has 0 radical (unpaired) electrons. The van der Waals surface area contributed by atoms with E-state index in [9.17, 15) is 19.6 Å². The van der Waals surface area contributed by atoms with Crippen LogP contribution in [0.1, 0.15) is 31.9 Å². The fourth-order valence-corrected chi connectivity index (χ4v) is 3.79. The van der Waals surface area contributed by atoms with Crippen molar-refractivity contribution in [1.82, 2.24) is 10.3 Å². The van der Waals surface area contributed by atoms with Crippen molar-refractivity contribution >= 4 is 51.5 Å². The number of halogens is 1. The summed E-state index contributed by atoms with van der Waals surface area (Å²) in [5.41, 5.74) is -0.0504. The molecule has 1 heterocycles. The zero-order chi connectivity index (χ0) is 24.2. The average Bonchev–Trinajstić information content (AvgIpc) is 3.14. The molecule has 174 valence electrons. The third-order valence-electron chi connectivity index (χ3n) is 4.23. The number of hydrogen-bond donors (Lipinski definition) is 4. The lowest BCUT2D eigenvalue weighted by Gasteiger charge is -2.18. The molecule has 0 spiro atoms. The number of fused-ring (bicyclic) bond motifs is 1. The number of thiazole rings is 1. The average molecular weight is 475 g/mol. The third kappa shape index (κ3) is 6.64. The van der Waals surface area contributed by atoms with Crippen molar-refractivity contribution in [3.05, 3.63) is 53.3 Å². The number of ether oxygens (including phenoxy) is 2. The largest absolute Gasteiger partial charge is 0.490 e. The Hall–Kier alpha value is -3.22. The van der Waals surface area contributed by atoms with Crippen LogP contribution in [-0.4, -0.2) is 39.9 Å². The van der Waals surface area contributed by atoms with Gasteiger partial charge in [0, 0.05) is 17.6 Å². The van der Waals surface area contributed by atoms with Crippen molar-refractivity contribution in [1.29, 1.82) is 0 Å². The van der Waals surface area contributed by atoms with Crippen LogP contribution in [-0.2, 0) is 22.6 Å². The van der Waals surface area contributed by atoms with Crippen LogP contribution in [0, 0.1) is 5.82 Å². The summed E-state index contributed by atoms with van der Waals surface area (Å²) in [5.74, 6) is -0.715. The Morgan fingerprint density at radius 2 is 1.88 bits per heavy atom. The van der Waals surface area contributed by atoms with Crippen LogP contribution in [0.4, 0.5) is 19.1 Å². The minimum atomic E-state index is -1.95. The number of anilines is 1. The molecule has 9 nitrogen and oxygen atoms in total. The zero-order valence-electron chi connectivity index (χ0n) is 18.2. The molecule has 12 heteroatoms. The van der Waals surface area contributed by atoms with Crippen molar-refractivity contribution in [2.24, 2.45) is 0 Å². The monoisotopic (exact) mass is 475 g/mol. The summed E-state index contributed by atoms with van der Waals surface area (Å²) in [5, 5.41) is 24.4. The van der Waals surface area contributed by atoms with E-state index >= 15 is 4.39 Å². The Labute approximate surface area is 193 Å². The third-order valence-corrected chi connectivity index (χ3v) is 5.20. The molecule has 33 heavy (non-hydrogen) atoms. The summed E-state index contributed by atoms with van der Waals surface area (Å²) in [4.78, 5) is 28.1. The predicted octanol–water partition coefficient (Wildman–Crippen LogP) is 2.89. The molecule has 0 aliphatic rings. The normalized spacial score (nSPS) is 11.2. The van der Waals surface area contributed by atoms with E-state index in [1.807, 2.05) is 18.2 Å². The van der Waals surface area contributed by atoms with Gasteiger partial charge in [-0.25, -0.2) is 19.0 Å². The van der Waals surface area contributed by atoms with Gasteiger partial charge in [0.2, 0.25) is 0 Å². The summed E-state index contributed by atoms with van der Waals surface area (Å²) in [6.45, 7) is 4.85. The standard InChI is InChI=1S/C21H23BFN3O6S/c1-21(2,3)32-20(28)26-18-25-16-14(22(29)30)9-13(15(23)17(16)33-18)10-24-19(27)31-11-12-7-5-4-6-8-12/h4-9,29-30H,10-11H2,1-3H3,(H,24,27)(H,25,26,28). The SMILES string of the molecule is CC(C)(C)OC(=O)Nc1nc2c(B(O)O)cc(CNC(=O)OCc3ccccc3)c(F)c2s1. The van der Waals surface area contributed by atoms with Crippen LogP contribution < -0.4 is 16.1 Å². The number of alkyl carbamates (subject to hydrolysis) is 1. The number of aromatic nitrogens is 1. The summed E-state index contributed by atoms with van der Waals surface area (Å²) in [7, 11) is -1.95. The molecular formula is C21H23BFN3O6S. The first kappa shape index (κ1) is 24.4. The van der Waals surface area contributed by atoms with Gasteiger partial charge in [-0.3, -0.25) is 5.32 Å². The molecule has 0 saturated heterocycles. The van der Waals surface area contributed by atoms with Gasteiger partial charge in [-0.15, -0.1) is 0 Å². The second-order valence-electron chi connectivity index (χ2n) is 8.05. The van der Waals surface area contributed by atoms with Crippen LogP contribution >= 0.6 is 11.3 Å². The van der Waals surface area contributed by atoms with Crippen molar-refractivity contribution in [2.45, 2.75) is 39.5 Å². The minimum Gasteiger partial charge on any atom is -0.445 e. The second kappa shape index (κ2) is 10.2. The maximum Gasteiger partial charge on any atom is 0.490 e. The molecule has 0 atom stereocenters. The van der Waals surface area contributed by atoms with Crippen LogP contribution in [0.15, 0.2) is 36.4 Å². The highest BCUT2D eigenvalue weighted by molar-refractivity contribution is 7.22. The van der Waals surface area contributed by atoms with E-state index in [-0.39, 0.29) is 39.5 Å². The first-order chi connectivity index (χ1) is 15.5. The fraction of sp³-hybridized carbons (Fsp3) is 0.286. The fourth-order valence-electron chi connectivity index (χ4n) is 2.84. The summed E-state index contributed by atoms with van der Waals surface area (Å²) in [6.07, 6.45) is -1.54. The zero-order valence-corrected chi connectivity index (χ0v) is 19.0. The van der Waals surface area contributed by atoms with Gasteiger partial charge >= 0.3 is 19.3 Å². The lowest BCUT2D eigenvalue weighted by molar-refractivity contribution is 0.0636. The first-order valence-electron chi connectivity index (χ1n) is 9.96. The molecule has 0 aliphatic heterocycles. The van der Waals surface area contributed by atoms with Gasteiger partial charge in [0.15, 0.2) is 5.13 Å². The molecule has 0 aliphatic carbocycles. The molecule has 0 bridgehead atoms. The maximum absolute atomic E-state index is 15.1. The Balaban J connectivity index is 1.76. The molecule has 1 aromatic heterocycles. The number of carbonyl (C=O) groups excluding carboxylic acids is 2. The quantitative estimate of drug-likeness (QED) is 0.404. The Morgan fingerprint density at radius 1 is 1.18 bits per heavy atom. The Kier molecular flexibility index (Phi) is 7.52. The van der Waals surface area contributed by atoms with Crippen LogP contribution in [0.5, 0.6) is 0 Å². The molecule has 3 aromatic rings. The number of carbonyl (C=O) groups is 2. The Bertz CT molecular complexity index is 1150. The van der Waals surface area contributed by atoms with Gasteiger partial charge < -0.3 is 24.8 Å². The van der Waals surface area contributed by atoms with Crippen molar-refractivity contribution in [3.63, 3.8) is 0 Å². The smallest absolute Gasteiger partial charge is 0.445 e. The number of rotatable bonds is 6. The molecule has 2 aromatic carbocycles. The van der Waals surface area contributed by atoms with Crippen molar-refractivity contribution in [2.75, 3.05) is 5.32 Å². The number of nitrogens with zero attached hydrogens (tertiary/aromatic N) is 1. The van der Waals surface area contributed by atoms with E-state index in [4.69, 9.17) is 9.47 Å². The highest BCUT2D eigenvalue weighted by Crippen LogP contribution is 2.30. The van der Waals surface area contributed by atoms with Crippen LogP contribution in [0.2, 0.25) is 0 Å². The Morgan fingerprint density at radius 3 is 2.52 bits per heavy atom. The number of benzene rings is 2. The lowest BCUT2D eigenvalue weighted by atomic mass is 9.78. The maximum atomic E-state index is 15.1. The molecule has 0 fully saturated rings. The van der Waals surface area contributed by atoms with Gasteiger partial charge in [-0.2, -0.15) is 0 Å². The van der Waals surface area contributed by atoms with Crippen molar-refractivity contribution < 1.29 is 33.5 Å². The van der Waals surface area contributed by atoms with Crippen LogP contribution in [0.3, 0.4) is 0 Å². The highest BCUT2D eigenvalue weighted by atomic mass is 32.1. The van der Waals surface area contributed by atoms with Crippen LogP contribution in [0.25, 0.3) is 10.2 Å². The molecule has 3 rings (SSSR count). The molecule has 0 saturated carbocycles. The summed E-state index contributed by atoms with van der Waals surface area (Å²) < 4.78 is 25.3. The van der Waals surface area contributed by atoms with Gasteiger partial charge in [0.05, 0.1) is 10.2 Å². The topological polar surface area (TPSA) is 130 Å². The van der Waals surface area contributed by atoms with Gasteiger partial charge in [-0.1, -0.05) is 47.7 Å². The van der Waals surface area contributed by atoms with E-state index in [1.54, 1.807) is 32.9 Å². The van der Waals surface area contributed by atoms with Gasteiger partial charge in [0.1, 0.15) is 18.0 Å². The predicted molar refractivity (Wildman–Crippen MR) is 123 cm³/mol. The van der Waals surface area contributed by atoms with E-state index < -0.39 is 30.7 Å². The second-order valence-corrected chi connectivity index (χ2v) is 9.05. The number of hydrogen-bond acceptors (Lipinski definition) is 8. The summed E-state index contributed by atoms with van der Waals surface area (Å²) in [6, 6.07) is 10.2. The van der Waals surface area contributed by atoms with E-state index in [2.05, 4.69) is 15.6 Å². The van der Waals surface area contributed by atoms with Gasteiger partial charge in [0.25, 0.3) is 0 Å². The number of nitrogens with one attached hydrogen (secondary N) is 2. The molecular weight excluding hydrogens is 452 g/mol. The highest BCUT2D eigenvalue weighted by Gasteiger charge is 2.25. The van der Waals surface area contributed by atoms with Gasteiger partial charge in [-0.05, 0) is 26.3 Å². The minimum absolute atomic E-state index is 0.00488. The summed E-state index contributed by atoms with van der Waals surface area (Å²) >= 11 is 0.802. The molecule has 4 N–H and O–H groups in total. The first-order valence-corrected chi connectivity index (χ1v) is 10.8.